The van der Waals surface area contributed by atoms with Crippen LogP contribution in [-0.4, -0.2) is 9.55 Å². The van der Waals surface area contributed by atoms with Crippen molar-refractivity contribution in [3.63, 3.8) is 0 Å². The normalized spacial score (nSPS) is 11.3. The Morgan fingerprint density at radius 2 is 2.16 bits per heavy atom. The summed E-state index contributed by atoms with van der Waals surface area (Å²) in [6, 6.07) is 9.17. The number of imidazole rings is 1. The van der Waals surface area contributed by atoms with E-state index < -0.39 is 0 Å². The van der Waals surface area contributed by atoms with Gasteiger partial charge in [-0.15, -0.1) is 22.9 Å². The van der Waals surface area contributed by atoms with Gasteiger partial charge >= 0.3 is 0 Å². The zero-order chi connectivity index (χ0) is 13.4. The fourth-order valence-corrected chi connectivity index (χ4v) is 3.25. The predicted molar refractivity (Wildman–Crippen MR) is 77.4 cm³/mol. The number of halogens is 2. The number of thiophene rings is 1. The summed E-state index contributed by atoms with van der Waals surface area (Å²) in [4.78, 5) is 6.77. The topological polar surface area (TPSA) is 17.8 Å². The molecule has 0 atom stereocenters. The molecule has 0 saturated carbocycles. The van der Waals surface area contributed by atoms with Gasteiger partial charge in [0.25, 0.3) is 0 Å². The molecule has 0 amide bonds. The quantitative estimate of drug-likeness (QED) is 0.657. The van der Waals surface area contributed by atoms with Crippen LogP contribution in [0.3, 0.4) is 0 Å². The highest BCUT2D eigenvalue weighted by Gasteiger charge is 2.13. The van der Waals surface area contributed by atoms with Crippen LogP contribution in [0.1, 0.15) is 15.6 Å². The Kier molecular flexibility index (Phi) is 3.29. The molecule has 2 heterocycles. The summed E-state index contributed by atoms with van der Waals surface area (Å²) in [7, 11) is 0. The minimum Gasteiger partial charge on any atom is -0.322 e. The molecule has 0 N–H and O–H groups in total. The van der Waals surface area contributed by atoms with Crippen LogP contribution in [0, 0.1) is 12.7 Å². The van der Waals surface area contributed by atoms with Gasteiger partial charge in [-0.3, -0.25) is 0 Å². The maximum absolute atomic E-state index is 13.7. The molecule has 0 spiro atoms. The van der Waals surface area contributed by atoms with Gasteiger partial charge in [-0.25, -0.2) is 9.37 Å². The van der Waals surface area contributed by atoms with Gasteiger partial charge in [0, 0.05) is 9.75 Å². The molecule has 3 aromatic rings. The fourth-order valence-electron chi connectivity index (χ4n) is 2.17. The minimum absolute atomic E-state index is 0.276. The molecular formula is C14H12ClFN2S. The van der Waals surface area contributed by atoms with Gasteiger partial charge in [-0.1, -0.05) is 6.07 Å². The van der Waals surface area contributed by atoms with Crippen LogP contribution in [0.15, 0.2) is 30.3 Å². The van der Waals surface area contributed by atoms with Crippen molar-refractivity contribution in [1.29, 1.82) is 0 Å². The van der Waals surface area contributed by atoms with Gasteiger partial charge in [0.2, 0.25) is 0 Å². The summed E-state index contributed by atoms with van der Waals surface area (Å²) in [5.41, 5.74) is 1.19. The van der Waals surface area contributed by atoms with Crippen molar-refractivity contribution in [2.75, 3.05) is 0 Å². The Labute approximate surface area is 119 Å². The number of hydrogen-bond donors (Lipinski definition) is 0. The van der Waals surface area contributed by atoms with Crippen molar-refractivity contribution in [1.82, 2.24) is 9.55 Å². The average molecular weight is 295 g/mol. The number of aryl methyl sites for hydroxylation is 1. The SMILES string of the molecule is Cc1ccc(Cn2c(CCl)nc3c(F)cccc32)s1. The number of aromatic nitrogens is 2. The third-order valence-corrected chi connectivity index (χ3v) is 4.26. The first-order chi connectivity index (χ1) is 9.19. The molecule has 0 unspecified atom stereocenters. The lowest BCUT2D eigenvalue weighted by Gasteiger charge is -2.05. The van der Waals surface area contributed by atoms with E-state index in [1.807, 2.05) is 10.6 Å². The minimum atomic E-state index is -0.301. The highest BCUT2D eigenvalue weighted by molar-refractivity contribution is 7.11. The van der Waals surface area contributed by atoms with Crippen LogP contribution < -0.4 is 0 Å². The molecule has 98 valence electrons. The maximum atomic E-state index is 13.7. The van der Waals surface area contributed by atoms with Gasteiger partial charge in [0.15, 0.2) is 5.82 Å². The molecule has 0 fully saturated rings. The van der Waals surface area contributed by atoms with E-state index in [4.69, 9.17) is 11.6 Å². The summed E-state index contributed by atoms with van der Waals surface area (Å²) >= 11 is 7.66. The Balaban J connectivity index is 2.13. The molecule has 0 aliphatic carbocycles. The number of alkyl halides is 1. The second-order valence-corrected chi connectivity index (χ2v) is 6.01. The van der Waals surface area contributed by atoms with Crippen LogP contribution in [-0.2, 0) is 12.4 Å². The lowest BCUT2D eigenvalue weighted by Crippen LogP contribution is -2.02. The molecule has 19 heavy (non-hydrogen) atoms. The zero-order valence-corrected chi connectivity index (χ0v) is 11.9. The van der Waals surface area contributed by atoms with Crippen LogP contribution in [0.5, 0.6) is 0 Å². The van der Waals surface area contributed by atoms with Gasteiger partial charge in [0.1, 0.15) is 11.3 Å². The molecule has 1 aromatic carbocycles. The second kappa shape index (κ2) is 4.94. The molecule has 0 saturated heterocycles. The van der Waals surface area contributed by atoms with E-state index in [0.717, 1.165) is 5.52 Å². The molecule has 0 aliphatic heterocycles. The van der Waals surface area contributed by atoms with Crippen LogP contribution in [0.2, 0.25) is 0 Å². The molecule has 2 nitrogen and oxygen atoms in total. The number of hydrogen-bond acceptors (Lipinski definition) is 2. The number of rotatable bonds is 3. The largest absolute Gasteiger partial charge is 0.322 e. The summed E-state index contributed by atoms with van der Waals surface area (Å²) in [6.07, 6.45) is 0. The summed E-state index contributed by atoms with van der Waals surface area (Å²) in [5, 5.41) is 0. The zero-order valence-electron chi connectivity index (χ0n) is 10.4. The van der Waals surface area contributed by atoms with Crippen LogP contribution in [0.25, 0.3) is 11.0 Å². The van der Waals surface area contributed by atoms with E-state index in [0.29, 0.717) is 17.9 Å². The fraction of sp³-hybridized carbons (Fsp3) is 0.214. The van der Waals surface area contributed by atoms with E-state index in [-0.39, 0.29) is 11.7 Å². The van der Waals surface area contributed by atoms with Crippen molar-refractivity contribution in [3.8, 4) is 0 Å². The maximum Gasteiger partial charge on any atom is 0.151 e. The number of nitrogens with zero attached hydrogens (tertiary/aromatic N) is 2. The third-order valence-electron chi connectivity index (χ3n) is 3.04. The lowest BCUT2D eigenvalue weighted by molar-refractivity contribution is 0.637. The van der Waals surface area contributed by atoms with Crippen molar-refractivity contribution in [2.45, 2.75) is 19.3 Å². The smallest absolute Gasteiger partial charge is 0.151 e. The Bertz CT molecular complexity index is 732. The Morgan fingerprint density at radius 3 is 2.84 bits per heavy atom. The monoisotopic (exact) mass is 294 g/mol. The van der Waals surface area contributed by atoms with Crippen molar-refractivity contribution in [3.05, 3.63) is 51.7 Å². The molecule has 0 aliphatic rings. The highest BCUT2D eigenvalue weighted by atomic mass is 35.5. The van der Waals surface area contributed by atoms with Gasteiger partial charge < -0.3 is 4.57 Å². The van der Waals surface area contributed by atoms with Gasteiger partial charge in [-0.2, -0.15) is 0 Å². The molecule has 5 heteroatoms. The average Bonchev–Trinajstić information content (AvgIpc) is 2.96. The number of fused-ring (bicyclic) bond motifs is 1. The van der Waals surface area contributed by atoms with E-state index in [2.05, 4.69) is 24.0 Å². The van der Waals surface area contributed by atoms with Crippen molar-refractivity contribution >= 4 is 34.0 Å². The third kappa shape index (κ3) is 2.26. The van der Waals surface area contributed by atoms with Gasteiger partial charge in [-0.05, 0) is 31.2 Å². The first-order valence-corrected chi connectivity index (χ1v) is 7.29. The predicted octanol–water partition coefficient (Wildman–Crippen LogP) is 4.33. The number of para-hydroxylation sites is 1. The Morgan fingerprint density at radius 1 is 1.32 bits per heavy atom. The second-order valence-electron chi connectivity index (χ2n) is 4.37. The van der Waals surface area contributed by atoms with E-state index in [1.165, 1.54) is 15.8 Å². The van der Waals surface area contributed by atoms with Crippen molar-refractivity contribution < 1.29 is 4.39 Å². The summed E-state index contributed by atoms with van der Waals surface area (Å²) in [6.45, 7) is 2.75. The van der Waals surface area contributed by atoms with E-state index >= 15 is 0 Å². The molecule has 0 radical (unpaired) electrons. The van der Waals surface area contributed by atoms with Crippen LogP contribution >= 0.6 is 22.9 Å². The first-order valence-electron chi connectivity index (χ1n) is 5.94. The Hall–Kier alpha value is -1.39. The summed E-state index contributed by atoms with van der Waals surface area (Å²) in [5.74, 6) is 0.677. The van der Waals surface area contributed by atoms with E-state index in [1.54, 1.807) is 17.4 Å². The van der Waals surface area contributed by atoms with Crippen molar-refractivity contribution in [2.24, 2.45) is 0 Å². The first kappa shape index (κ1) is 12.6. The van der Waals surface area contributed by atoms with Gasteiger partial charge in [0.05, 0.1) is 17.9 Å². The molecule has 2 aromatic heterocycles. The number of benzene rings is 1. The molecular weight excluding hydrogens is 283 g/mol. The standard InChI is InChI=1S/C14H12ClFN2S/c1-9-5-6-10(19-9)8-18-12-4-2-3-11(16)14(12)17-13(18)7-15/h2-6H,7-8H2,1H3. The molecule has 3 rings (SSSR count). The molecule has 0 bridgehead atoms. The van der Waals surface area contributed by atoms with E-state index in [9.17, 15) is 4.39 Å². The summed E-state index contributed by atoms with van der Waals surface area (Å²) < 4.78 is 15.7. The van der Waals surface area contributed by atoms with Crippen LogP contribution in [0.4, 0.5) is 4.39 Å². The lowest BCUT2D eigenvalue weighted by atomic mass is 10.3. The highest BCUT2D eigenvalue weighted by Crippen LogP contribution is 2.24.